The van der Waals surface area contributed by atoms with Crippen LogP contribution in [-0.2, 0) is 4.79 Å². The molecule has 28 heavy (non-hydrogen) atoms. The van der Waals surface area contributed by atoms with Crippen molar-refractivity contribution in [1.29, 1.82) is 0 Å². The molecular formula is C24H34N2O2. The van der Waals surface area contributed by atoms with Crippen LogP contribution in [0, 0.1) is 0 Å². The average Bonchev–Trinajstić information content (AvgIpc) is 2.68. The Morgan fingerprint density at radius 3 is 2.04 bits per heavy atom. The minimum absolute atomic E-state index is 0.138. The van der Waals surface area contributed by atoms with Crippen molar-refractivity contribution in [3.63, 3.8) is 0 Å². The normalized spacial score (nSPS) is 10.8. The van der Waals surface area contributed by atoms with Crippen LogP contribution < -0.4 is 10.6 Å². The van der Waals surface area contributed by atoms with Gasteiger partial charge >= 0.3 is 6.03 Å². The fourth-order valence-corrected chi connectivity index (χ4v) is 3.38. The molecule has 2 aromatic rings. The van der Waals surface area contributed by atoms with E-state index in [0.717, 1.165) is 36.8 Å². The number of nitrogens with one attached hydrogen (secondary N) is 2. The van der Waals surface area contributed by atoms with Crippen molar-refractivity contribution in [1.82, 2.24) is 5.32 Å². The van der Waals surface area contributed by atoms with Crippen LogP contribution in [0.25, 0.3) is 10.8 Å². The lowest BCUT2D eigenvalue weighted by molar-refractivity contribution is -0.117. The highest BCUT2D eigenvalue weighted by molar-refractivity contribution is 5.93. The maximum Gasteiger partial charge on any atom is 0.319 e. The van der Waals surface area contributed by atoms with Gasteiger partial charge in [-0.15, -0.1) is 0 Å². The lowest BCUT2D eigenvalue weighted by Crippen LogP contribution is -2.29. The molecular weight excluding hydrogens is 348 g/mol. The average molecular weight is 383 g/mol. The Labute approximate surface area is 169 Å². The number of hydrogen-bond acceptors (Lipinski definition) is 2. The fourth-order valence-electron chi connectivity index (χ4n) is 3.38. The van der Waals surface area contributed by atoms with Gasteiger partial charge in [0.25, 0.3) is 0 Å². The summed E-state index contributed by atoms with van der Waals surface area (Å²) in [5.41, 5.74) is 0.819. The first kappa shape index (κ1) is 21.9. The maximum atomic E-state index is 12.0. The minimum atomic E-state index is -0.138. The van der Waals surface area contributed by atoms with E-state index in [2.05, 4.69) is 16.7 Å². The number of urea groups is 1. The van der Waals surface area contributed by atoms with Gasteiger partial charge in [0.2, 0.25) is 0 Å². The predicted octanol–water partition coefficient (Wildman–Crippen LogP) is 6.45. The number of amides is 2. The Morgan fingerprint density at radius 1 is 0.750 bits per heavy atom. The summed E-state index contributed by atoms with van der Waals surface area (Å²) < 4.78 is 0. The van der Waals surface area contributed by atoms with Crippen LogP contribution >= 0.6 is 0 Å². The molecule has 0 aliphatic heterocycles. The predicted molar refractivity (Wildman–Crippen MR) is 118 cm³/mol. The van der Waals surface area contributed by atoms with Gasteiger partial charge in [0.1, 0.15) is 5.78 Å². The molecule has 0 saturated carbocycles. The Balaban J connectivity index is 1.46. The lowest BCUT2D eigenvalue weighted by Gasteiger charge is -2.08. The Hall–Kier alpha value is -2.36. The maximum absolute atomic E-state index is 12.0. The second-order valence-electron chi connectivity index (χ2n) is 7.58. The lowest BCUT2D eigenvalue weighted by atomic mass is 10.1. The van der Waals surface area contributed by atoms with Crippen molar-refractivity contribution >= 4 is 28.3 Å². The third-order valence-corrected chi connectivity index (χ3v) is 5.00. The van der Waals surface area contributed by atoms with E-state index < -0.39 is 0 Å². The van der Waals surface area contributed by atoms with Crippen LogP contribution in [-0.4, -0.2) is 18.4 Å². The molecule has 0 radical (unpaired) electrons. The van der Waals surface area contributed by atoms with E-state index in [-0.39, 0.29) is 6.03 Å². The summed E-state index contributed by atoms with van der Waals surface area (Å²) in [4.78, 5) is 22.9. The molecule has 0 atom stereocenters. The molecule has 0 bridgehead atoms. The number of carbonyl (C=O) groups is 2. The van der Waals surface area contributed by atoms with Crippen LogP contribution in [0.3, 0.4) is 0 Å². The van der Waals surface area contributed by atoms with Crippen molar-refractivity contribution in [3.05, 3.63) is 42.5 Å². The molecule has 0 aliphatic rings. The molecule has 2 aromatic carbocycles. The summed E-state index contributed by atoms with van der Waals surface area (Å²) in [5, 5.41) is 8.14. The van der Waals surface area contributed by atoms with Crippen LogP contribution in [0.15, 0.2) is 42.5 Å². The molecule has 2 amide bonds. The van der Waals surface area contributed by atoms with Gasteiger partial charge in [-0.25, -0.2) is 4.79 Å². The summed E-state index contributed by atoms with van der Waals surface area (Å²) in [5.74, 6) is 0.305. The molecule has 152 valence electrons. The molecule has 2 rings (SSSR count). The van der Waals surface area contributed by atoms with Crippen LogP contribution in [0.4, 0.5) is 10.5 Å². The zero-order chi connectivity index (χ0) is 20.0. The first-order valence-corrected chi connectivity index (χ1v) is 10.7. The zero-order valence-electron chi connectivity index (χ0n) is 17.1. The van der Waals surface area contributed by atoms with Gasteiger partial charge in [0, 0.05) is 18.7 Å². The summed E-state index contributed by atoms with van der Waals surface area (Å²) in [6, 6.07) is 13.9. The first-order valence-electron chi connectivity index (χ1n) is 10.7. The third kappa shape index (κ3) is 9.03. The van der Waals surface area contributed by atoms with Crippen molar-refractivity contribution in [2.24, 2.45) is 0 Å². The monoisotopic (exact) mass is 382 g/mol. The highest BCUT2D eigenvalue weighted by Gasteiger charge is 2.02. The van der Waals surface area contributed by atoms with Gasteiger partial charge in [-0.05, 0) is 42.7 Å². The van der Waals surface area contributed by atoms with Crippen LogP contribution in [0.1, 0.15) is 71.1 Å². The number of ketones is 1. The zero-order valence-corrected chi connectivity index (χ0v) is 17.1. The van der Waals surface area contributed by atoms with Gasteiger partial charge in [0.15, 0.2) is 0 Å². The summed E-state index contributed by atoms with van der Waals surface area (Å²) in [7, 11) is 0. The van der Waals surface area contributed by atoms with E-state index in [9.17, 15) is 9.59 Å². The number of carbonyl (C=O) groups excluding carboxylic acids is 2. The van der Waals surface area contributed by atoms with Gasteiger partial charge in [-0.3, -0.25) is 0 Å². The number of benzene rings is 2. The van der Waals surface area contributed by atoms with Gasteiger partial charge in [-0.1, -0.05) is 75.3 Å². The molecule has 0 unspecified atom stereocenters. The van der Waals surface area contributed by atoms with Gasteiger partial charge in [-0.2, -0.15) is 0 Å². The standard InChI is InChI=1S/C24H34N2O2/c1-20(27)13-9-7-5-3-2-4-6-8-12-18-25-24(28)26-23-17-16-21-14-10-11-15-22(21)19-23/h10-11,14-17,19H,2-9,12-13,18H2,1H3,(H2,25,26,28). The summed E-state index contributed by atoms with van der Waals surface area (Å²) >= 11 is 0. The molecule has 0 spiro atoms. The van der Waals surface area contributed by atoms with Crippen LogP contribution in [0.5, 0.6) is 0 Å². The number of Topliss-reactive ketones (excluding diaryl/α,β-unsaturated/α-hetero) is 1. The quantitative estimate of drug-likeness (QED) is 0.391. The topological polar surface area (TPSA) is 58.2 Å². The number of fused-ring (bicyclic) bond motifs is 1. The number of rotatable bonds is 13. The second kappa shape index (κ2) is 12.9. The molecule has 0 aromatic heterocycles. The van der Waals surface area contributed by atoms with E-state index in [0.29, 0.717) is 12.3 Å². The van der Waals surface area contributed by atoms with E-state index in [4.69, 9.17) is 0 Å². The molecule has 0 fully saturated rings. The number of anilines is 1. The van der Waals surface area contributed by atoms with E-state index in [1.165, 1.54) is 43.9 Å². The number of hydrogen-bond donors (Lipinski definition) is 2. The van der Waals surface area contributed by atoms with Crippen molar-refractivity contribution in [3.8, 4) is 0 Å². The van der Waals surface area contributed by atoms with Gasteiger partial charge < -0.3 is 15.4 Å². The third-order valence-electron chi connectivity index (χ3n) is 5.00. The highest BCUT2D eigenvalue weighted by Crippen LogP contribution is 2.18. The molecule has 2 N–H and O–H groups in total. The SMILES string of the molecule is CC(=O)CCCCCCCCCCCNC(=O)Nc1ccc2ccccc2c1. The van der Waals surface area contributed by atoms with E-state index in [1.54, 1.807) is 6.92 Å². The second-order valence-corrected chi connectivity index (χ2v) is 7.58. The fraction of sp³-hybridized carbons (Fsp3) is 0.500. The van der Waals surface area contributed by atoms with Crippen molar-refractivity contribution < 1.29 is 9.59 Å². The molecule has 4 nitrogen and oxygen atoms in total. The Kier molecular flexibility index (Phi) is 10.1. The molecule has 0 heterocycles. The van der Waals surface area contributed by atoms with Gasteiger partial charge in [0.05, 0.1) is 0 Å². The largest absolute Gasteiger partial charge is 0.338 e. The molecule has 4 heteroatoms. The number of unbranched alkanes of at least 4 members (excludes halogenated alkanes) is 8. The highest BCUT2D eigenvalue weighted by atomic mass is 16.2. The van der Waals surface area contributed by atoms with E-state index >= 15 is 0 Å². The Morgan fingerprint density at radius 2 is 1.36 bits per heavy atom. The van der Waals surface area contributed by atoms with Crippen molar-refractivity contribution in [2.45, 2.75) is 71.1 Å². The Bertz CT molecular complexity index is 742. The molecule has 0 saturated heterocycles. The first-order chi connectivity index (χ1) is 13.6. The molecule has 0 aliphatic carbocycles. The summed E-state index contributed by atoms with van der Waals surface area (Å²) in [6.07, 6.45) is 11.4. The van der Waals surface area contributed by atoms with Crippen LogP contribution in [0.2, 0.25) is 0 Å². The minimum Gasteiger partial charge on any atom is -0.338 e. The van der Waals surface area contributed by atoms with E-state index in [1.807, 2.05) is 36.4 Å². The van der Waals surface area contributed by atoms with Crippen molar-refractivity contribution in [2.75, 3.05) is 11.9 Å². The smallest absolute Gasteiger partial charge is 0.319 e. The summed E-state index contributed by atoms with van der Waals surface area (Å²) in [6.45, 7) is 2.38.